The molecule has 0 bridgehead atoms. The molecule has 2 aliphatic rings. The number of hydrogen-bond donors (Lipinski definition) is 2. The van der Waals surface area contributed by atoms with E-state index >= 15 is 0 Å². The Morgan fingerprint density at radius 1 is 1.03 bits per heavy atom. The molecule has 0 atom stereocenters. The zero-order valence-electron chi connectivity index (χ0n) is 19.3. The lowest BCUT2D eigenvalue weighted by Gasteiger charge is -2.32. The maximum Gasteiger partial charge on any atom is 0.262 e. The predicted molar refractivity (Wildman–Crippen MR) is 135 cm³/mol. The van der Waals surface area contributed by atoms with Crippen molar-refractivity contribution in [3.05, 3.63) is 50.1 Å². The Kier molecular flexibility index (Phi) is 6.69. The van der Waals surface area contributed by atoms with Gasteiger partial charge >= 0.3 is 0 Å². The molecule has 1 saturated carbocycles. The monoisotopic (exact) mass is 531 g/mol. The minimum atomic E-state index is -0.921. The third-order valence-electron chi connectivity index (χ3n) is 6.90. The van der Waals surface area contributed by atoms with Crippen molar-refractivity contribution in [2.75, 3.05) is 11.9 Å². The lowest BCUT2D eigenvalue weighted by molar-refractivity contribution is -0.122. The highest BCUT2D eigenvalue weighted by Gasteiger charge is 2.43. The molecule has 1 saturated heterocycles. The fraction of sp³-hybridized carbons (Fsp3) is 0.480. The van der Waals surface area contributed by atoms with Crippen molar-refractivity contribution in [3.8, 4) is 0 Å². The molecule has 8 heteroatoms. The SMILES string of the molecule is Cc1cc(NC(=O)C2(NC(=O)c3ccc(Br)s3)CCCC2)ccc1C(=O)N1CCCC1(C)C. The molecule has 2 fully saturated rings. The summed E-state index contributed by atoms with van der Waals surface area (Å²) in [7, 11) is 0. The van der Waals surface area contributed by atoms with Crippen LogP contribution in [0.3, 0.4) is 0 Å². The van der Waals surface area contributed by atoms with Crippen LogP contribution in [0.1, 0.15) is 78.0 Å². The van der Waals surface area contributed by atoms with E-state index in [4.69, 9.17) is 0 Å². The summed E-state index contributed by atoms with van der Waals surface area (Å²) in [4.78, 5) is 41.8. The number of amides is 3. The maximum absolute atomic E-state index is 13.3. The van der Waals surface area contributed by atoms with E-state index in [9.17, 15) is 14.4 Å². The number of nitrogens with zero attached hydrogens (tertiary/aromatic N) is 1. The molecule has 33 heavy (non-hydrogen) atoms. The van der Waals surface area contributed by atoms with Crippen LogP contribution < -0.4 is 10.6 Å². The quantitative estimate of drug-likeness (QED) is 0.533. The number of aryl methyl sites for hydroxylation is 1. The molecule has 1 aromatic heterocycles. The Morgan fingerprint density at radius 3 is 2.33 bits per heavy atom. The second kappa shape index (κ2) is 9.22. The molecule has 3 amide bonds. The molecule has 0 spiro atoms. The number of benzene rings is 1. The van der Waals surface area contributed by atoms with Crippen LogP contribution in [0, 0.1) is 6.92 Å². The number of carbonyl (C=O) groups is 3. The van der Waals surface area contributed by atoms with Gasteiger partial charge < -0.3 is 15.5 Å². The van der Waals surface area contributed by atoms with E-state index in [-0.39, 0.29) is 23.3 Å². The summed E-state index contributed by atoms with van der Waals surface area (Å²) in [5.74, 6) is -0.397. The van der Waals surface area contributed by atoms with E-state index in [2.05, 4.69) is 40.4 Å². The molecule has 2 heterocycles. The van der Waals surface area contributed by atoms with Crippen LogP contribution in [-0.2, 0) is 4.79 Å². The normalized spacial score (nSPS) is 18.8. The average Bonchev–Trinajstić information content (AvgIpc) is 3.48. The first kappa shape index (κ1) is 24.0. The van der Waals surface area contributed by atoms with Gasteiger partial charge in [0.2, 0.25) is 5.91 Å². The van der Waals surface area contributed by atoms with E-state index in [1.54, 1.807) is 18.2 Å². The standard InChI is InChI=1S/C25H30BrN3O3S/c1-16-15-17(7-8-18(16)22(31)29-14-6-11-24(29,2)3)27-23(32)25(12-4-5-13-25)28-21(30)19-9-10-20(26)33-19/h7-10,15H,4-6,11-14H2,1-3H3,(H,27,32)(H,28,30). The fourth-order valence-corrected chi connectivity index (χ4v) is 6.25. The van der Waals surface area contributed by atoms with Gasteiger partial charge in [-0.05, 0) is 98.3 Å². The van der Waals surface area contributed by atoms with Gasteiger partial charge in [0.25, 0.3) is 11.8 Å². The lowest BCUT2D eigenvalue weighted by Crippen LogP contribution is -2.54. The predicted octanol–water partition coefficient (Wildman–Crippen LogP) is 5.51. The largest absolute Gasteiger partial charge is 0.337 e. The van der Waals surface area contributed by atoms with Crippen LogP contribution in [0.4, 0.5) is 5.69 Å². The summed E-state index contributed by atoms with van der Waals surface area (Å²) in [6, 6.07) is 9.00. The molecule has 1 aliphatic heterocycles. The molecule has 6 nitrogen and oxygen atoms in total. The van der Waals surface area contributed by atoms with Crippen molar-refractivity contribution in [2.24, 2.45) is 0 Å². The molecule has 0 unspecified atom stereocenters. The van der Waals surface area contributed by atoms with Crippen LogP contribution >= 0.6 is 27.3 Å². The van der Waals surface area contributed by atoms with Crippen molar-refractivity contribution < 1.29 is 14.4 Å². The van der Waals surface area contributed by atoms with E-state index in [1.165, 1.54) is 11.3 Å². The third kappa shape index (κ3) is 4.87. The highest BCUT2D eigenvalue weighted by Crippen LogP contribution is 2.33. The summed E-state index contributed by atoms with van der Waals surface area (Å²) in [5, 5.41) is 6.01. The first-order valence-electron chi connectivity index (χ1n) is 11.4. The molecular formula is C25H30BrN3O3S. The van der Waals surface area contributed by atoms with Gasteiger partial charge in [0.15, 0.2) is 0 Å². The van der Waals surface area contributed by atoms with Gasteiger partial charge in [-0.15, -0.1) is 11.3 Å². The number of hydrogen-bond acceptors (Lipinski definition) is 4. The molecule has 176 valence electrons. The second-order valence-electron chi connectivity index (χ2n) is 9.70. The summed E-state index contributed by atoms with van der Waals surface area (Å²) in [6.07, 6.45) is 5.01. The topological polar surface area (TPSA) is 78.5 Å². The van der Waals surface area contributed by atoms with Crippen molar-refractivity contribution in [3.63, 3.8) is 0 Å². The van der Waals surface area contributed by atoms with Gasteiger partial charge in [0.1, 0.15) is 5.54 Å². The number of carbonyl (C=O) groups excluding carboxylic acids is 3. The molecule has 1 aromatic carbocycles. The van der Waals surface area contributed by atoms with Gasteiger partial charge in [-0.2, -0.15) is 0 Å². The molecule has 2 aromatic rings. The molecule has 4 rings (SSSR count). The van der Waals surface area contributed by atoms with Crippen molar-refractivity contribution >= 4 is 50.7 Å². The van der Waals surface area contributed by atoms with E-state index in [1.807, 2.05) is 24.0 Å². The summed E-state index contributed by atoms with van der Waals surface area (Å²) in [5.41, 5.74) is 1.06. The first-order chi connectivity index (χ1) is 15.6. The van der Waals surface area contributed by atoms with Crippen molar-refractivity contribution in [1.29, 1.82) is 0 Å². The Morgan fingerprint density at radius 2 is 1.76 bits per heavy atom. The Labute approximate surface area is 207 Å². The number of likely N-dealkylation sites (tertiary alicyclic amines) is 1. The van der Waals surface area contributed by atoms with Crippen LogP contribution in [0.2, 0.25) is 0 Å². The molecule has 2 N–H and O–H groups in total. The summed E-state index contributed by atoms with van der Waals surface area (Å²) in [6.45, 7) is 6.87. The van der Waals surface area contributed by atoms with E-state index < -0.39 is 5.54 Å². The van der Waals surface area contributed by atoms with Crippen molar-refractivity contribution in [1.82, 2.24) is 10.2 Å². The van der Waals surface area contributed by atoms with Crippen LogP contribution in [0.25, 0.3) is 0 Å². The van der Waals surface area contributed by atoms with Gasteiger partial charge in [0.05, 0.1) is 8.66 Å². The number of anilines is 1. The Bertz CT molecular complexity index is 1090. The Balaban J connectivity index is 1.49. The Hall–Kier alpha value is -2.19. The number of rotatable bonds is 5. The first-order valence-corrected chi connectivity index (χ1v) is 13.0. The minimum Gasteiger partial charge on any atom is -0.337 e. The summed E-state index contributed by atoms with van der Waals surface area (Å²) >= 11 is 4.73. The highest BCUT2D eigenvalue weighted by molar-refractivity contribution is 9.11. The van der Waals surface area contributed by atoms with E-state index in [0.717, 1.165) is 41.6 Å². The fourth-order valence-electron chi connectivity index (χ4n) is 4.96. The highest BCUT2D eigenvalue weighted by atomic mass is 79.9. The molecule has 1 aliphatic carbocycles. The maximum atomic E-state index is 13.3. The smallest absolute Gasteiger partial charge is 0.262 e. The summed E-state index contributed by atoms with van der Waals surface area (Å²) < 4.78 is 0.875. The zero-order valence-corrected chi connectivity index (χ0v) is 21.7. The van der Waals surface area contributed by atoms with Crippen LogP contribution in [-0.4, -0.2) is 40.2 Å². The number of halogens is 1. The van der Waals surface area contributed by atoms with Gasteiger partial charge in [-0.25, -0.2) is 0 Å². The second-order valence-corrected chi connectivity index (χ2v) is 12.2. The lowest BCUT2D eigenvalue weighted by atomic mass is 9.95. The molecular weight excluding hydrogens is 502 g/mol. The third-order valence-corrected chi connectivity index (χ3v) is 8.52. The van der Waals surface area contributed by atoms with Crippen LogP contribution in [0.15, 0.2) is 34.1 Å². The minimum absolute atomic E-state index is 0.0366. The average molecular weight is 533 g/mol. The van der Waals surface area contributed by atoms with E-state index in [0.29, 0.717) is 29.0 Å². The number of nitrogens with one attached hydrogen (secondary N) is 2. The van der Waals surface area contributed by atoms with Crippen molar-refractivity contribution in [2.45, 2.75) is 70.4 Å². The van der Waals surface area contributed by atoms with Gasteiger partial charge in [0, 0.05) is 23.3 Å². The molecule has 0 radical (unpaired) electrons. The van der Waals surface area contributed by atoms with Gasteiger partial charge in [-0.1, -0.05) is 12.8 Å². The number of thiophene rings is 1. The zero-order chi connectivity index (χ0) is 23.8. The van der Waals surface area contributed by atoms with Crippen LogP contribution in [0.5, 0.6) is 0 Å². The van der Waals surface area contributed by atoms with Gasteiger partial charge in [-0.3, -0.25) is 14.4 Å².